The Hall–Kier alpha value is -3.64. The summed E-state index contributed by atoms with van der Waals surface area (Å²) in [6.45, 7) is 6.71. The Balaban J connectivity index is 0.000000360. The first-order valence-corrected chi connectivity index (χ1v) is 9.75. The fourth-order valence-corrected chi connectivity index (χ4v) is 3.58. The van der Waals surface area contributed by atoms with Crippen LogP contribution in [0.25, 0.3) is 10.9 Å². The summed E-state index contributed by atoms with van der Waals surface area (Å²) < 4.78 is 31.7. The van der Waals surface area contributed by atoms with Crippen molar-refractivity contribution in [2.24, 2.45) is 0 Å². The Kier molecular flexibility index (Phi) is 6.65. The minimum Gasteiger partial charge on any atom is -0.475 e. The van der Waals surface area contributed by atoms with Crippen LogP contribution in [0.5, 0.6) is 0 Å². The third-order valence-corrected chi connectivity index (χ3v) is 5.04. The number of fused-ring (bicyclic) bond motifs is 2. The van der Waals surface area contributed by atoms with Crippen LogP contribution in [0.1, 0.15) is 33.4 Å². The normalized spacial score (nSPS) is 12.5. The number of nitriles is 1. The highest BCUT2D eigenvalue weighted by molar-refractivity contribution is 5.96. The maximum Gasteiger partial charge on any atom is 0.490 e. The Bertz CT molecular complexity index is 1220. The summed E-state index contributed by atoms with van der Waals surface area (Å²) in [5.41, 5.74) is 8.68. The summed E-state index contributed by atoms with van der Waals surface area (Å²) in [7, 11) is 0. The molecule has 4 rings (SSSR count). The zero-order valence-corrected chi connectivity index (χ0v) is 17.5. The number of aliphatic carboxylic acids is 1. The molecule has 2 heterocycles. The number of hydrogen-bond donors (Lipinski definition) is 3. The first-order valence-electron chi connectivity index (χ1n) is 9.75. The van der Waals surface area contributed by atoms with E-state index in [2.05, 4.69) is 65.9 Å². The predicted molar refractivity (Wildman–Crippen MR) is 114 cm³/mol. The molecule has 1 aliphatic rings. The molecule has 1 aromatic heterocycles. The number of halogens is 3. The number of aryl methyl sites for hydroxylation is 2. The molecule has 0 atom stereocenters. The third-order valence-electron chi connectivity index (χ3n) is 5.04. The van der Waals surface area contributed by atoms with E-state index < -0.39 is 12.1 Å². The smallest absolute Gasteiger partial charge is 0.475 e. The van der Waals surface area contributed by atoms with Crippen molar-refractivity contribution in [2.75, 3.05) is 5.32 Å². The molecular formula is C23H21F3N4O2. The van der Waals surface area contributed by atoms with Crippen LogP contribution in [0.2, 0.25) is 0 Å². The van der Waals surface area contributed by atoms with Gasteiger partial charge in [0, 0.05) is 31.2 Å². The summed E-state index contributed by atoms with van der Waals surface area (Å²) >= 11 is 0. The number of alkyl halides is 3. The number of nitrogens with zero attached hydrogens (tertiary/aromatic N) is 2. The molecule has 2 aromatic carbocycles. The van der Waals surface area contributed by atoms with Crippen molar-refractivity contribution < 1.29 is 23.1 Å². The van der Waals surface area contributed by atoms with Crippen LogP contribution in [0.4, 0.5) is 18.9 Å². The lowest BCUT2D eigenvalue weighted by atomic mass is 10.0. The molecule has 0 spiro atoms. The van der Waals surface area contributed by atoms with Crippen molar-refractivity contribution in [1.82, 2.24) is 10.3 Å². The van der Waals surface area contributed by atoms with E-state index in [1.54, 1.807) is 6.20 Å². The standard InChI is InChI=1S/C21H20N4.C2HF3O2/c1-13-5-14(2)20-19(6-13)21(18(8-22)12-25-20)24-9-15-3-4-16-10-23-11-17(16)7-15;3-2(4,5)1(6)7/h3-7,12,23H,9-11H2,1-2H3,(H,24,25);(H,6,7). The van der Waals surface area contributed by atoms with E-state index >= 15 is 0 Å². The van der Waals surface area contributed by atoms with Gasteiger partial charge in [-0.1, -0.05) is 29.8 Å². The summed E-state index contributed by atoms with van der Waals surface area (Å²) in [5.74, 6) is -2.76. The second kappa shape index (κ2) is 9.24. The largest absolute Gasteiger partial charge is 0.490 e. The molecular weight excluding hydrogens is 421 g/mol. The summed E-state index contributed by atoms with van der Waals surface area (Å²) in [6, 6.07) is 13.1. The minimum absolute atomic E-state index is 0.584. The van der Waals surface area contributed by atoms with E-state index in [0.717, 1.165) is 35.2 Å². The number of rotatable bonds is 3. The van der Waals surface area contributed by atoms with Crippen LogP contribution in [-0.4, -0.2) is 22.2 Å². The molecule has 0 saturated heterocycles. The molecule has 166 valence electrons. The van der Waals surface area contributed by atoms with Crippen LogP contribution in [0.15, 0.2) is 36.5 Å². The first-order chi connectivity index (χ1) is 15.1. The number of nitrogens with one attached hydrogen (secondary N) is 2. The van der Waals surface area contributed by atoms with Gasteiger partial charge in [0.25, 0.3) is 0 Å². The second-order valence-electron chi connectivity index (χ2n) is 7.50. The average molecular weight is 442 g/mol. The Morgan fingerprint density at radius 3 is 2.56 bits per heavy atom. The van der Waals surface area contributed by atoms with Gasteiger partial charge in [-0.15, -0.1) is 0 Å². The molecule has 0 unspecified atom stereocenters. The molecule has 3 N–H and O–H groups in total. The molecule has 0 bridgehead atoms. The zero-order chi connectivity index (χ0) is 23.5. The van der Waals surface area contributed by atoms with Crippen LogP contribution >= 0.6 is 0 Å². The average Bonchev–Trinajstić information content (AvgIpc) is 3.19. The van der Waals surface area contributed by atoms with Gasteiger partial charge in [-0.05, 0) is 42.2 Å². The minimum atomic E-state index is -5.08. The Morgan fingerprint density at radius 1 is 1.22 bits per heavy atom. The number of aromatic nitrogens is 1. The van der Waals surface area contributed by atoms with Gasteiger partial charge in [0.2, 0.25) is 0 Å². The van der Waals surface area contributed by atoms with Gasteiger partial charge in [0.05, 0.1) is 16.8 Å². The Labute approximate surface area is 182 Å². The van der Waals surface area contributed by atoms with Crippen molar-refractivity contribution in [3.8, 4) is 6.07 Å². The maximum atomic E-state index is 10.6. The summed E-state index contributed by atoms with van der Waals surface area (Å²) in [4.78, 5) is 13.4. The van der Waals surface area contributed by atoms with Gasteiger partial charge in [-0.25, -0.2) is 4.79 Å². The number of benzene rings is 2. The molecule has 9 heteroatoms. The number of hydrogen-bond acceptors (Lipinski definition) is 5. The first kappa shape index (κ1) is 23.0. The quantitative estimate of drug-likeness (QED) is 0.550. The number of carbonyl (C=O) groups is 1. The van der Waals surface area contributed by atoms with Gasteiger partial charge < -0.3 is 15.7 Å². The fraction of sp³-hybridized carbons (Fsp3) is 0.261. The molecule has 0 radical (unpaired) electrons. The highest BCUT2D eigenvalue weighted by atomic mass is 19.4. The summed E-state index contributed by atoms with van der Waals surface area (Å²) in [5, 5.41) is 24.5. The molecule has 3 aromatic rings. The van der Waals surface area contributed by atoms with Crippen molar-refractivity contribution >= 4 is 22.6 Å². The van der Waals surface area contributed by atoms with E-state index in [1.807, 2.05) is 0 Å². The van der Waals surface area contributed by atoms with Gasteiger partial charge in [-0.2, -0.15) is 18.4 Å². The van der Waals surface area contributed by atoms with Gasteiger partial charge >= 0.3 is 12.1 Å². The van der Waals surface area contributed by atoms with E-state index in [9.17, 15) is 18.4 Å². The number of carboxylic acids is 1. The van der Waals surface area contributed by atoms with Gasteiger partial charge in [0.1, 0.15) is 6.07 Å². The van der Waals surface area contributed by atoms with Gasteiger partial charge in [0.15, 0.2) is 0 Å². The lowest BCUT2D eigenvalue weighted by molar-refractivity contribution is -0.192. The van der Waals surface area contributed by atoms with Crippen LogP contribution in [0, 0.1) is 25.2 Å². The van der Waals surface area contributed by atoms with E-state index in [0.29, 0.717) is 12.1 Å². The Morgan fingerprint density at radius 2 is 1.91 bits per heavy atom. The van der Waals surface area contributed by atoms with Crippen molar-refractivity contribution in [1.29, 1.82) is 5.26 Å². The van der Waals surface area contributed by atoms with Crippen LogP contribution in [-0.2, 0) is 24.4 Å². The zero-order valence-electron chi connectivity index (χ0n) is 17.5. The fourth-order valence-electron chi connectivity index (χ4n) is 3.58. The van der Waals surface area contributed by atoms with Crippen LogP contribution < -0.4 is 10.6 Å². The molecule has 0 amide bonds. The summed E-state index contributed by atoms with van der Waals surface area (Å²) in [6.07, 6.45) is -3.42. The van der Waals surface area contributed by atoms with E-state index in [4.69, 9.17) is 9.90 Å². The van der Waals surface area contributed by atoms with E-state index in [1.165, 1.54) is 22.3 Å². The van der Waals surface area contributed by atoms with Crippen molar-refractivity contribution in [2.45, 2.75) is 39.7 Å². The molecule has 0 aliphatic carbocycles. The molecule has 0 fully saturated rings. The van der Waals surface area contributed by atoms with Crippen molar-refractivity contribution in [3.05, 3.63) is 69.9 Å². The van der Waals surface area contributed by atoms with Crippen molar-refractivity contribution in [3.63, 3.8) is 0 Å². The third kappa shape index (κ3) is 5.15. The molecule has 32 heavy (non-hydrogen) atoms. The molecule has 1 aliphatic heterocycles. The number of carboxylic acid groups (broad SMARTS) is 1. The molecule has 6 nitrogen and oxygen atoms in total. The maximum absolute atomic E-state index is 10.6. The predicted octanol–water partition coefficient (Wildman–Crippen LogP) is 4.57. The molecule has 0 saturated carbocycles. The number of anilines is 1. The lowest BCUT2D eigenvalue weighted by Crippen LogP contribution is -2.21. The number of pyridine rings is 1. The van der Waals surface area contributed by atoms with E-state index in [-0.39, 0.29) is 0 Å². The second-order valence-corrected chi connectivity index (χ2v) is 7.50. The SMILES string of the molecule is Cc1cc(C)c2ncc(C#N)c(NCc3ccc4c(c3)CNC4)c2c1.O=C(O)C(F)(F)F. The highest BCUT2D eigenvalue weighted by Crippen LogP contribution is 2.29. The van der Waals surface area contributed by atoms with Crippen LogP contribution in [0.3, 0.4) is 0 Å². The van der Waals surface area contributed by atoms with Gasteiger partial charge in [-0.3, -0.25) is 4.98 Å². The highest BCUT2D eigenvalue weighted by Gasteiger charge is 2.38. The monoisotopic (exact) mass is 442 g/mol. The lowest BCUT2D eigenvalue weighted by Gasteiger charge is -2.14. The topological polar surface area (TPSA) is 98.0 Å².